The summed E-state index contributed by atoms with van der Waals surface area (Å²) in [5, 5.41) is 0. The van der Waals surface area contributed by atoms with Crippen LogP contribution in [0.4, 0.5) is 8.78 Å². The zero-order chi connectivity index (χ0) is 23.0. The molecular weight excluding hydrogens is 547 g/mol. The van der Waals surface area contributed by atoms with E-state index in [-0.39, 0.29) is 41.5 Å². The number of nitrogens with zero attached hydrogens (tertiary/aromatic N) is 1. The first-order chi connectivity index (χ1) is 16.1. The van der Waals surface area contributed by atoms with Gasteiger partial charge in [-0.1, -0.05) is 24.3 Å². The maximum atomic E-state index is 13.4. The smallest absolute Gasteiger partial charge is 0.172 e. The Morgan fingerprint density at radius 1 is 0.676 bits per heavy atom. The number of aromatic nitrogens is 1. The summed E-state index contributed by atoms with van der Waals surface area (Å²) in [6, 6.07) is 24.4. The number of ether oxygens (including phenoxy) is 2. The van der Waals surface area contributed by atoms with Crippen molar-refractivity contribution in [2.75, 3.05) is 7.11 Å². The molecular formula is C28H26F2INO2. The lowest BCUT2D eigenvalue weighted by Gasteiger charge is -2.17. The Balaban J connectivity index is 0.00000324. The van der Waals surface area contributed by atoms with Gasteiger partial charge in [-0.25, -0.2) is 13.3 Å². The van der Waals surface area contributed by atoms with Crippen molar-refractivity contribution in [3.05, 3.63) is 120 Å². The summed E-state index contributed by atoms with van der Waals surface area (Å²) in [5.74, 6) is 1.84. The first-order valence-corrected chi connectivity index (χ1v) is 10.9. The SMILES string of the molecule is COc1ccc(Oc2cc[n+](CCCC(c3ccc(F)cc3)c3ccc(F)cc3)cc2)cc1.[I-]. The molecule has 4 aromatic rings. The fourth-order valence-corrected chi connectivity index (χ4v) is 3.83. The van der Waals surface area contributed by atoms with Gasteiger partial charge in [0, 0.05) is 24.5 Å². The van der Waals surface area contributed by atoms with Crippen LogP contribution in [0.3, 0.4) is 0 Å². The van der Waals surface area contributed by atoms with E-state index < -0.39 is 0 Å². The predicted octanol–water partition coefficient (Wildman–Crippen LogP) is 3.67. The molecule has 0 amide bonds. The molecule has 0 atom stereocenters. The summed E-state index contributed by atoms with van der Waals surface area (Å²) in [4.78, 5) is 0. The zero-order valence-corrected chi connectivity index (χ0v) is 21.0. The molecule has 0 fully saturated rings. The van der Waals surface area contributed by atoms with Gasteiger partial charge in [0.2, 0.25) is 0 Å². The van der Waals surface area contributed by atoms with Crippen LogP contribution in [0.2, 0.25) is 0 Å². The van der Waals surface area contributed by atoms with Gasteiger partial charge in [0.1, 0.15) is 35.4 Å². The van der Waals surface area contributed by atoms with Crippen LogP contribution in [-0.4, -0.2) is 7.11 Å². The first kappa shape index (κ1) is 25.6. The van der Waals surface area contributed by atoms with Crippen molar-refractivity contribution in [2.24, 2.45) is 0 Å². The summed E-state index contributed by atoms with van der Waals surface area (Å²) in [5.41, 5.74) is 2.05. The fraction of sp³-hybridized carbons (Fsp3) is 0.179. The molecule has 4 rings (SSSR count). The van der Waals surface area contributed by atoms with Gasteiger partial charge >= 0.3 is 0 Å². The normalized spacial score (nSPS) is 10.6. The minimum absolute atomic E-state index is 0. The summed E-state index contributed by atoms with van der Waals surface area (Å²) in [6.07, 6.45) is 5.74. The second-order valence-corrected chi connectivity index (χ2v) is 7.85. The number of rotatable bonds is 9. The average Bonchev–Trinajstić information content (AvgIpc) is 2.85. The molecule has 3 nitrogen and oxygen atoms in total. The highest BCUT2D eigenvalue weighted by molar-refractivity contribution is 5.35. The Bertz CT molecular complexity index is 1100. The molecule has 0 saturated heterocycles. The molecule has 3 aromatic carbocycles. The molecule has 0 bridgehead atoms. The van der Waals surface area contributed by atoms with Crippen molar-refractivity contribution in [1.29, 1.82) is 0 Å². The third-order valence-corrected chi connectivity index (χ3v) is 5.61. The quantitative estimate of drug-likeness (QED) is 0.225. The Morgan fingerprint density at radius 2 is 1.15 bits per heavy atom. The summed E-state index contributed by atoms with van der Waals surface area (Å²) >= 11 is 0. The largest absolute Gasteiger partial charge is 1.00 e. The van der Waals surface area contributed by atoms with Crippen LogP contribution in [0.1, 0.15) is 29.9 Å². The van der Waals surface area contributed by atoms with Crippen LogP contribution in [0, 0.1) is 11.6 Å². The van der Waals surface area contributed by atoms with E-state index >= 15 is 0 Å². The van der Waals surface area contributed by atoms with Crippen molar-refractivity contribution >= 4 is 0 Å². The molecule has 34 heavy (non-hydrogen) atoms. The number of hydrogen-bond acceptors (Lipinski definition) is 2. The van der Waals surface area contributed by atoms with Crippen molar-refractivity contribution < 1.29 is 46.8 Å². The molecule has 0 aliphatic carbocycles. The Morgan fingerprint density at radius 3 is 1.65 bits per heavy atom. The van der Waals surface area contributed by atoms with E-state index in [0.29, 0.717) is 0 Å². The molecule has 0 N–H and O–H groups in total. The Hall–Kier alpha value is -3.00. The summed E-state index contributed by atoms with van der Waals surface area (Å²) in [7, 11) is 1.63. The van der Waals surface area contributed by atoms with Gasteiger partial charge in [0.25, 0.3) is 0 Å². The minimum atomic E-state index is -0.260. The lowest BCUT2D eigenvalue weighted by molar-refractivity contribution is -0.697. The van der Waals surface area contributed by atoms with Crippen LogP contribution >= 0.6 is 0 Å². The van der Waals surface area contributed by atoms with E-state index in [9.17, 15) is 8.78 Å². The van der Waals surface area contributed by atoms with E-state index in [1.54, 1.807) is 7.11 Å². The van der Waals surface area contributed by atoms with Gasteiger partial charge in [0.15, 0.2) is 12.4 Å². The van der Waals surface area contributed by atoms with Crippen molar-refractivity contribution in [1.82, 2.24) is 0 Å². The molecule has 0 spiro atoms. The monoisotopic (exact) mass is 573 g/mol. The molecule has 0 radical (unpaired) electrons. The van der Waals surface area contributed by atoms with E-state index in [4.69, 9.17) is 9.47 Å². The zero-order valence-electron chi connectivity index (χ0n) is 18.8. The second-order valence-electron chi connectivity index (χ2n) is 7.85. The van der Waals surface area contributed by atoms with E-state index in [0.717, 1.165) is 47.8 Å². The maximum Gasteiger partial charge on any atom is 0.172 e. The molecule has 0 saturated carbocycles. The first-order valence-electron chi connectivity index (χ1n) is 10.9. The molecule has 0 aliphatic rings. The van der Waals surface area contributed by atoms with Crippen LogP contribution in [0.25, 0.3) is 0 Å². The van der Waals surface area contributed by atoms with Crippen molar-refractivity contribution in [2.45, 2.75) is 25.3 Å². The third-order valence-electron chi connectivity index (χ3n) is 5.61. The van der Waals surface area contributed by atoms with Gasteiger partial charge in [-0.2, -0.15) is 0 Å². The summed E-state index contributed by atoms with van der Waals surface area (Å²) < 4.78 is 40.0. The van der Waals surface area contributed by atoms with Crippen molar-refractivity contribution in [3.63, 3.8) is 0 Å². The van der Waals surface area contributed by atoms with Crippen LogP contribution in [0.5, 0.6) is 17.2 Å². The second kappa shape index (κ2) is 12.5. The molecule has 1 heterocycles. The van der Waals surface area contributed by atoms with Gasteiger partial charge in [-0.05, 0) is 66.1 Å². The average molecular weight is 573 g/mol. The number of pyridine rings is 1. The lowest BCUT2D eigenvalue weighted by atomic mass is 9.87. The van der Waals surface area contributed by atoms with Gasteiger partial charge in [-0.15, -0.1) is 0 Å². The number of halogens is 3. The van der Waals surface area contributed by atoms with Crippen LogP contribution < -0.4 is 38.0 Å². The van der Waals surface area contributed by atoms with E-state index in [1.165, 1.54) is 24.3 Å². The molecule has 176 valence electrons. The number of hydrogen-bond donors (Lipinski definition) is 0. The highest BCUT2D eigenvalue weighted by Crippen LogP contribution is 2.30. The van der Waals surface area contributed by atoms with E-state index in [1.807, 2.05) is 73.1 Å². The molecule has 1 aromatic heterocycles. The van der Waals surface area contributed by atoms with Gasteiger partial charge in [0.05, 0.1) is 7.11 Å². The van der Waals surface area contributed by atoms with Gasteiger partial charge in [-0.3, -0.25) is 0 Å². The number of aryl methyl sites for hydroxylation is 1. The number of methoxy groups -OCH3 is 1. The van der Waals surface area contributed by atoms with Crippen molar-refractivity contribution in [3.8, 4) is 17.2 Å². The summed E-state index contributed by atoms with van der Waals surface area (Å²) in [6.45, 7) is 0.821. The molecule has 6 heteroatoms. The van der Waals surface area contributed by atoms with Crippen LogP contribution in [-0.2, 0) is 6.54 Å². The topological polar surface area (TPSA) is 22.3 Å². The highest BCUT2D eigenvalue weighted by atomic mass is 127. The maximum absolute atomic E-state index is 13.4. The highest BCUT2D eigenvalue weighted by Gasteiger charge is 2.16. The third kappa shape index (κ3) is 7.00. The molecule has 0 aliphatic heterocycles. The van der Waals surface area contributed by atoms with Crippen LogP contribution in [0.15, 0.2) is 97.3 Å². The molecule has 0 unspecified atom stereocenters. The Kier molecular flexibility index (Phi) is 9.39. The predicted molar refractivity (Wildman–Crippen MR) is 124 cm³/mol. The van der Waals surface area contributed by atoms with E-state index in [2.05, 4.69) is 4.57 Å². The fourth-order valence-electron chi connectivity index (χ4n) is 3.83. The lowest BCUT2D eigenvalue weighted by Crippen LogP contribution is -3.00. The minimum Gasteiger partial charge on any atom is -1.00 e. The standard InChI is InChI=1S/C28H26F2NO2.HI/c1-32-25-12-14-26(15-13-25)33-27-16-19-31(20-17-27)18-2-3-28(21-4-8-23(29)9-5-21)22-6-10-24(30)11-7-22;/h4-17,19-20,28H,2-3,18H2,1H3;1H/q+1;/p-1. The Labute approximate surface area is 216 Å². The number of benzene rings is 3. The van der Waals surface area contributed by atoms with Gasteiger partial charge < -0.3 is 33.5 Å².